The third-order valence-electron chi connectivity index (χ3n) is 5.53. The second-order valence-corrected chi connectivity index (χ2v) is 7.81. The average molecular weight is 412 g/mol. The van der Waals surface area contributed by atoms with E-state index in [1.165, 1.54) is 25.0 Å². The number of aliphatic hydroxyl groups excluding tert-OH is 1. The van der Waals surface area contributed by atoms with E-state index >= 15 is 0 Å². The number of aromatic nitrogens is 2. The van der Waals surface area contributed by atoms with Gasteiger partial charge in [0, 0.05) is 25.1 Å². The summed E-state index contributed by atoms with van der Waals surface area (Å²) in [6.45, 7) is 0.578. The van der Waals surface area contributed by atoms with Crippen LogP contribution in [0.15, 0.2) is 46.0 Å². The van der Waals surface area contributed by atoms with Gasteiger partial charge in [-0.05, 0) is 48.6 Å². The molecule has 0 spiro atoms. The normalized spacial score (nSPS) is 13.7. The van der Waals surface area contributed by atoms with Crippen LogP contribution in [0, 0.1) is 11.7 Å². The molecule has 7 heteroatoms. The van der Waals surface area contributed by atoms with Crippen molar-refractivity contribution in [1.82, 2.24) is 9.55 Å². The number of nitrogens with one attached hydrogen (secondary N) is 1. The highest BCUT2D eigenvalue weighted by Gasteiger charge is 2.22. The summed E-state index contributed by atoms with van der Waals surface area (Å²) in [6, 6.07) is 9.60. The van der Waals surface area contributed by atoms with Gasteiger partial charge in [-0.1, -0.05) is 25.0 Å². The number of hydrogen-bond acceptors (Lipinski definition) is 4. The quantitative estimate of drug-likeness (QED) is 0.566. The monoisotopic (exact) mass is 412 g/mol. The van der Waals surface area contributed by atoms with Crippen LogP contribution in [0.2, 0.25) is 0 Å². The molecule has 1 fully saturated rings. The lowest BCUT2D eigenvalue weighted by molar-refractivity contribution is 0.278. The molecular weight excluding hydrogens is 387 g/mol. The van der Waals surface area contributed by atoms with E-state index in [9.17, 15) is 14.0 Å². The molecule has 30 heavy (non-hydrogen) atoms. The van der Waals surface area contributed by atoms with Crippen molar-refractivity contribution in [2.24, 2.45) is 5.92 Å². The van der Waals surface area contributed by atoms with Gasteiger partial charge < -0.3 is 14.8 Å². The highest BCUT2D eigenvalue weighted by Crippen LogP contribution is 2.33. The van der Waals surface area contributed by atoms with Gasteiger partial charge in [-0.2, -0.15) is 0 Å². The fourth-order valence-electron chi connectivity index (χ4n) is 3.68. The van der Waals surface area contributed by atoms with Gasteiger partial charge in [-0.25, -0.2) is 9.18 Å². The number of rotatable bonds is 9. The molecule has 0 aliphatic heterocycles. The van der Waals surface area contributed by atoms with Crippen molar-refractivity contribution in [3.63, 3.8) is 0 Å². The molecule has 2 aromatic carbocycles. The topological polar surface area (TPSA) is 84.3 Å². The first-order valence-electron chi connectivity index (χ1n) is 10.3. The molecule has 1 heterocycles. The lowest BCUT2D eigenvalue weighted by atomic mass is 10.00. The molecule has 0 saturated heterocycles. The fraction of sp³-hybridized carbons (Fsp3) is 0.391. The Morgan fingerprint density at radius 3 is 2.60 bits per heavy atom. The van der Waals surface area contributed by atoms with Gasteiger partial charge in [0.2, 0.25) is 0 Å². The minimum atomic E-state index is -0.504. The molecular formula is C23H25FN2O4. The maximum absolute atomic E-state index is 13.3. The first-order valence-corrected chi connectivity index (χ1v) is 10.3. The van der Waals surface area contributed by atoms with Crippen molar-refractivity contribution < 1.29 is 14.2 Å². The zero-order chi connectivity index (χ0) is 21.1. The van der Waals surface area contributed by atoms with Crippen LogP contribution < -0.4 is 16.0 Å². The molecule has 6 nitrogen and oxygen atoms in total. The van der Waals surface area contributed by atoms with Gasteiger partial charge in [0.1, 0.15) is 11.6 Å². The molecule has 158 valence electrons. The molecule has 0 amide bonds. The largest absolute Gasteiger partial charge is 0.493 e. The van der Waals surface area contributed by atoms with E-state index in [0.29, 0.717) is 41.7 Å². The molecule has 1 saturated carbocycles. The van der Waals surface area contributed by atoms with Crippen molar-refractivity contribution in [2.45, 2.75) is 38.6 Å². The number of H-pyrrole nitrogens is 1. The first-order chi connectivity index (χ1) is 14.6. The van der Waals surface area contributed by atoms with E-state index < -0.39 is 11.2 Å². The van der Waals surface area contributed by atoms with Crippen molar-refractivity contribution in [1.29, 1.82) is 0 Å². The van der Waals surface area contributed by atoms with Crippen LogP contribution in [-0.2, 0) is 13.0 Å². The van der Waals surface area contributed by atoms with Crippen LogP contribution >= 0.6 is 0 Å². The molecule has 0 unspecified atom stereocenters. The summed E-state index contributed by atoms with van der Waals surface area (Å²) in [5, 5.41) is 9.50. The third kappa shape index (κ3) is 4.46. The number of nitrogens with zero attached hydrogens (tertiary/aromatic N) is 1. The molecule has 0 atom stereocenters. The van der Waals surface area contributed by atoms with Gasteiger partial charge in [0.15, 0.2) is 0 Å². The van der Waals surface area contributed by atoms with Crippen LogP contribution in [0.25, 0.3) is 10.9 Å². The molecule has 4 rings (SSSR count). The second kappa shape index (κ2) is 8.83. The Balaban J connectivity index is 1.80. The third-order valence-corrected chi connectivity index (χ3v) is 5.53. The minimum absolute atomic E-state index is 0.114. The van der Waals surface area contributed by atoms with E-state index in [1.807, 2.05) is 0 Å². The van der Waals surface area contributed by atoms with Crippen molar-refractivity contribution >= 4 is 10.9 Å². The predicted octanol–water partition coefficient (Wildman–Crippen LogP) is 2.98. The van der Waals surface area contributed by atoms with Crippen LogP contribution in [-0.4, -0.2) is 27.9 Å². The summed E-state index contributed by atoms with van der Waals surface area (Å²) in [5.41, 5.74) is 1.04. The van der Waals surface area contributed by atoms with Crippen molar-refractivity contribution in [2.75, 3.05) is 13.2 Å². The maximum Gasteiger partial charge on any atom is 0.328 e. The number of halogens is 1. The van der Waals surface area contributed by atoms with E-state index in [2.05, 4.69) is 4.98 Å². The number of aromatic amines is 1. The van der Waals surface area contributed by atoms with Crippen LogP contribution in [0.5, 0.6) is 5.75 Å². The highest BCUT2D eigenvalue weighted by atomic mass is 19.1. The van der Waals surface area contributed by atoms with Crippen LogP contribution in [0.4, 0.5) is 4.39 Å². The fourth-order valence-corrected chi connectivity index (χ4v) is 3.68. The van der Waals surface area contributed by atoms with Gasteiger partial charge >= 0.3 is 5.69 Å². The molecule has 2 N–H and O–H groups in total. The molecule has 3 aromatic rings. The predicted molar refractivity (Wildman–Crippen MR) is 113 cm³/mol. The number of ether oxygens (including phenoxy) is 1. The molecule has 1 aromatic heterocycles. The Morgan fingerprint density at radius 2 is 1.90 bits per heavy atom. The highest BCUT2D eigenvalue weighted by molar-refractivity contribution is 5.84. The van der Waals surface area contributed by atoms with Crippen LogP contribution in [0.1, 0.15) is 36.8 Å². The van der Waals surface area contributed by atoms with Gasteiger partial charge in [0.05, 0.1) is 17.5 Å². The molecule has 1 aliphatic rings. The smallest absolute Gasteiger partial charge is 0.328 e. The van der Waals surface area contributed by atoms with E-state index in [4.69, 9.17) is 9.84 Å². The standard InChI is InChI=1S/C23H25FN2O4/c24-17-6-4-16(5-7-17)14-18-20(30-13-10-15-2-3-15)9-8-19-21(18)22(28)26(11-1-12-27)23(29)25-19/h4-9,15,27H,1-3,10-14H2,(H,25,29). The zero-order valence-corrected chi connectivity index (χ0v) is 16.7. The Hall–Kier alpha value is -2.93. The summed E-state index contributed by atoms with van der Waals surface area (Å²) in [4.78, 5) is 28.3. The van der Waals surface area contributed by atoms with Gasteiger partial charge in [-0.15, -0.1) is 0 Å². The summed E-state index contributed by atoms with van der Waals surface area (Å²) < 4.78 is 20.5. The van der Waals surface area contributed by atoms with Gasteiger partial charge in [0.25, 0.3) is 5.56 Å². The van der Waals surface area contributed by atoms with E-state index in [1.54, 1.807) is 24.3 Å². The minimum Gasteiger partial charge on any atom is -0.493 e. The van der Waals surface area contributed by atoms with Crippen LogP contribution in [0.3, 0.4) is 0 Å². The summed E-state index contributed by atoms with van der Waals surface area (Å²) in [5.74, 6) is 0.997. The number of fused-ring (bicyclic) bond motifs is 1. The van der Waals surface area contributed by atoms with Crippen molar-refractivity contribution in [3.8, 4) is 5.75 Å². The lowest BCUT2D eigenvalue weighted by Gasteiger charge is -2.15. The molecule has 1 aliphatic carbocycles. The van der Waals surface area contributed by atoms with Gasteiger partial charge in [-0.3, -0.25) is 9.36 Å². The molecule has 0 radical (unpaired) electrons. The molecule has 0 bridgehead atoms. The number of aliphatic hydroxyl groups is 1. The van der Waals surface area contributed by atoms with E-state index in [0.717, 1.165) is 22.5 Å². The van der Waals surface area contributed by atoms with E-state index in [-0.39, 0.29) is 19.0 Å². The Labute approximate surface area is 172 Å². The Morgan fingerprint density at radius 1 is 1.13 bits per heavy atom. The number of hydrogen-bond donors (Lipinski definition) is 2. The maximum atomic E-state index is 13.3. The SMILES string of the molecule is O=c1[nH]c2ccc(OCCC3CC3)c(Cc3ccc(F)cc3)c2c(=O)n1CCCO. The second-order valence-electron chi connectivity index (χ2n) is 7.81. The first kappa shape index (κ1) is 20.3. The Bertz CT molecular complexity index is 1150. The Kier molecular flexibility index (Phi) is 5.99. The van der Waals surface area contributed by atoms with Crippen molar-refractivity contribution in [3.05, 3.63) is 74.2 Å². The summed E-state index contributed by atoms with van der Waals surface area (Å²) in [6.07, 6.45) is 4.12. The number of benzene rings is 2. The lowest BCUT2D eigenvalue weighted by Crippen LogP contribution is -2.35. The zero-order valence-electron chi connectivity index (χ0n) is 16.7. The summed E-state index contributed by atoms with van der Waals surface area (Å²) >= 11 is 0. The summed E-state index contributed by atoms with van der Waals surface area (Å²) in [7, 11) is 0. The average Bonchev–Trinajstić information content (AvgIpc) is 3.55.